The molecule has 6 heteroatoms. The molecular formula is C28H24N2O4. The summed E-state index contributed by atoms with van der Waals surface area (Å²) in [5.74, 6) is -2.58. The van der Waals surface area contributed by atoms with Crippen LogP contribution in [-0.2, 0) is 9.59 Å². The van der Waals surface area contributed by atoms with Gasteiger partial charge >= 0.3 is 0 Å². The molecular weight excluding hydrogens is 428 g/mol. The minimum absolute atomic E-state index is 0.263. The number of imide groups is 1. The molecule has 2 aliphatic rings. The number of nitrogens with zero attached hydrogens (tertiary/aromatic N) is 1. The van der Waals surface area contributed by atoms with E-state index < -0.39 is 29.6 Å². The van der Waals surface area contributed by atoms with Crippen molar-refractivity contribution < 1.29 is 19.1 Å². The van der Waals surface area contributed by atoms with Gasteiger partial charge in [-0.15, -0.1) is 0 Å². The summed E-state index contributed by atoms with van der Waals surface area (Å²) in [7, 11) is 1.51. The van der Waals surface area contributed by atoms with Gasteiger partial charge in [0.2, 0.25) is 0 Å². The van der Waals surface area contributed by atoms with Crippen LogP contribution in [-0.4, -0.2) is 29.8 Å². The van der Waals surface area contributed by atoms with E-state index in [1.807, 2.05) is 72.8 Å². The largest absolute Gasteiger partial charge is 0.497 e. The Labute approximate surface area is 197 Å². The molecule has 1 aliphatic heterocycles. The van der Waals surface area contributed by atoms with Gasteiger partial charge in [-0.25, -0.2) is 0 Å². The molecule has 1 fully saturated rings. The summed E-state index contributed by atoms with van der Waals surface area (Å²) < 4.78 is 5.18. The molecule has 3 aromatic rings. The van der Waals surface area contributed by atoms with Crippen LogP contribution in [0.5, 0.6) is 5.75 Å². The average molecular weight is 453 g/mol. The van der Waals surface area contributed by atoms with Crippen LogP contribution in [0.25, 0.3) is 0 Å². The van der Waals surface area contributed by atoms with Crippen molar-refractivity contribution in [1.29, 1.82) is 0 Å². The van der Waals surface area contributed by atoms with E-state index in [-0.39, 0.29) is 11.8 Å². The molecule has 1 N–H and O–H groups in total. The van der Waals surface area contributed by atoms with Crippen LogP contribution in [0.4, 0.5) is 0 Å². The van der Waals surface area contributed by atoms with Crippen molar-refractivity contribution in [3.8, 4) is 5.75 Å². The number of hydrogen-bond donors (Lipinski definition) is 1. The minimum Gasteiger partial charge on any atom is -0.497 e. The van der Waals surface area contributed by atoms with Crippen LogP contribution in [0.1, 0.15) is 33.3 Å². The molecule has 6 nitrogen and oxygen atoms in total. The van der Waals surface area contributed by atoms with Crippen LogP contribution < -0.4 is 10.2 Å². The summed E-state index contributed by atoms with van der Waals surface area (Å²) in [5, 5.41) is 0.913. The van der Waals surface area contributed by atoms with Gasteiger partial charge < -0.3 is 4.74 Å². The van der Waals surface area contributed by atoms with Gasteiger partial charge in [0.05, 0.1) is 18.9 Å². The van der Waals surface area contributed by atoms with E-state index in [0.717, 1.165) is 16.1 Å². The van der Waals surface area contributed by atoms with Crippen molar-refractivity contribution in [3.63, 3.8) is 0 Å². The van der Waals surface area contributed by atoms with Crippen molar-refractivity contribution in [2.24, 2.45) is 11.8 Å². The van der Waals surface area contributed by atoms with E-state index in [9.17, 15) is 14.4 Å². The van der Waals surface area contributed by atoms with E-state index in [1.165, 1.54) is 7.11 Å². The molecule has 3 amide bonds. The summed E-state index contributed by atoms with van der Waals surface area (Å²) in [4.78, 5) is 40.2. The number of hydrazine groups is 1. The third-order valence-corrected chi connectivity index (χ3v) is 6.61. The first kappa shape index (κ1) is 21.6. The number of carbonyl (C=O) groups excluding carboxylic acids is 3. The summed E-state index contributed by atoms with van der Waals surface area (Å²) in [6, 6.07) is 25.9. The van der Waals surface area contributed by atoms with Crippen LogP contribution >= 0.6 is 0 Å². The summed E-state index contributed by atoms with van der Waals surface area (Å²) in [6.45, 7) is 0. The molecule has 34 heavy (non-hydrogen) atoms. The summed E-state index contributed by atoms with van der Waals surface area (Å²) in [5.41, 5.74) is 4.78. The molecule has 0 unspecified atom stereocenters. The van der Waals surface area contributed by atoms with Crippen molar-refractivity contribution in [2.75, 3.05) is 7.11 Å². The average Bonchev–Trinajstić information content (AvgIpc) is 3.14. The quantitative estimate of drug-likeness (QED) is 0.468. The summed E-state index contributed by atoms with van der Waals surface area (Å²) in [6.07, 6.45) is 4.04. The van der Waals surface area contributed by atoms with Crippen LogP contribution in [0, 0.1) is 11.8 Å². The Kier molecular flexibility index (Phi) is 5.72. The standard InChI is InChI=1S/C28H24N2O4/c1-34-21-14-8-13-20(17-21)26(31)29-30-27(32)24-22(18-9-4-2-5-10-18)15-16-23(25(24)28(30)33)19-11-6-3-7-12-19/h2-17,22-25H,1H3,(H,29,31)/t22-,23-,24-,25+/m1/s1. The molecule has 1 aliphatic carbocycles. The molecule has 0 aromatic heterocycles. The van der Waals surface area contributed by atoms with E-state index in [4.69, 9.17) is 4.74 Å². The number of allylic oxidation sites excluding steroid dienone is 2. The maximum absolute atomic E-state index is 13.6. The van der Waals surface area contributed by atoms with E-state index >= 15 is 0 Å². The molecule has 0 bridgehead atoms. The predicted molar refractivity (Wildman–Crippen MR) is 127 cm³/mol. The Bertz CT molecular complexity index is 1190. The Balaban J connectivity index is 1.50. The lowest BCUT2D eigenvalue weighted by Crippen LogP contribution is -2.46. The lowest BCUT2D eigenvalue weighted by molar-refractivity contribution is -0.142. The normalized spacial score (nSPS) is 23.5. The van der Waals surface area contributed by atoms with Crippen molar-refractivity contribution in [3.05, 3.63) is 114 Å². The number of methoxy groups -OCH3 is 1. The number of amides is 3. The third-order valence-electron chi connectivity index (χ3n) is 6.61. The second kappa shape index (κ2) is 8.98. The van der Waals surface area contributed by atoms with Crippen LogP contribution in [0.3, 0.4) is 0 Å². The van der Waals surface area contributed by atoms with Gasteiger partial charge in [-0.2, -0.15) is 5.01 Å². The number of benzene rings is 3. The van der Waals surface area contributed by atoms with E-state index in [2.05, 4.69) is 5.43 Å². The van der Waals surface area contributed by atoms with Gasteiger partial charge in [0.25, 0.3) is 17.7 Å². The fourth-order valence-corrected chi connectivity index (χ4v) is 4.97. The first-order valence-corrected chi connectivity index (χ1v) is 11.2. The maximum atomic E-state index is 13.6. The Morgan fingerprint density at radius 3 is 1.79 bits per heavy atom. The number of carbonyl (C=O) groups is 3. The molecule has 3 aromatic carbocycles. The zero-order valence-corrected chi connectivity index (χ0v) is 18.6. The van der Waals surface area contributed by atoms with Crippen molar-refractivity contribution in [2.45, 2.75) is 11.8 Å². The lowest BCUT2D eigenvalue weighted by atomic mass is 9.68. The SMILES string of the molecule is COc1cccc(C(=O)NN2C(=O)[C@@H]3[C@H](C2=O)[C@@H](c2ccccc2)C=C[C@@H]3c2ccccc2)c1. The fraction of sp³-hybridized carbons (Fsp3) is 0.179. The first-order chi connectivity index (χ1) is 16.6. The minimum atomic E-state index is -0.615. The van der Waals surface area contributed by atoms with Gasteiger partial charge in [0.1, 0.15) is 5.75 Å². The highest BCUT2D eigenvalue weighted by molar-refractivity contribution is 6.09. The second-order valence-corrected chi connectivity index (χ2v) is 8.49. The fourth-order valence-electron chi connectivity index (χ4n) is 4.97. The maximum Gasteiger partial charge on any atom is 0.270 e. The zero-order valence-electron chi connectivity index (χ0n) is 18.6. The van der Waals surface area contributed by atoms with Gasteiger partial charge in [0.15, 0.2) is 0 Å². The molecule has 170 valence electrons. The van der Waals surface area contributed by atoms with Gasteiger partial charge in [0, 0.05) is 17.4 Å². The van der Waals surface area contributed by atoms with Gasteiger partial charge in [-0.05, 0) is 29.3 Å². The van der Waals surface area contributed by atoms with Crippen LogP contribution in [0.2, 0.25) is 0 Å². The van der Waals surface area contributed by atoms with Crippen LogP contribution in [0.15, 0.2) is 97.1 Å². The van der Waals surface area contributed by atoms with Crippen molar-refractivity contribution in [1.82, 2.24) is 10.4 Å². The lowest BCUT2D eigenvalue weighted by Gasteiger charge is -2.32. The Hall–Kier alpha value is -4.19. The molecule has 5 rings (SSSR count). The number of fused-ring (bicyclic) bond motifs is 1. The number of ether oxygens (including phenoxy) is 1. The summed E-state index contributed by atoms with van der Waals surface area (Å²) >= 11 is 0. The molecule has 4 atom stereocenters. The smallest absolute Gasteiger partial charge is 0.270 e. The van der Waals surface area contributed by atoms with E-state index in [1.54, 1.807) is 24.3 Å². The highest BCUT2D eigenvalue weighted by atomic mass is 16.5. The molecule has 0 spiro atoms. The molecule has 0 saturated carbocycles. The zero-order chi connectivity index (χ0) is 23.7. The molecule has 1 heterocycles. The number of hydrogen-bond acceptors (Lipinski definition) is 4. The van der Waals surface area contributed by atoms with Gasteiger partial charge in [-0.1, -0.05) is 78.9 Å². The van der Waals surface area contributed by atoms with Crippen molar-refractivity contribution >= 4 is 17.7 Å². The van der Waals surface area contributed by atoms with Gasteiger partial charge in [-0.3, -0.25) is 19.8 Å². The molecule has 1 saturated heterocycles. The highest BCUT2D eigenvalue weighted by Crippen LogP contribution is 2.48. The third kappa shape index (κ3) is 3.77. The number of rotatable bonds is 5. The monoisotopic (exact) mass is 452 g/mol. The van der Waals surface area contributed by atoms with E-state index in [0.29, 0.717) is 11.3 Å². The Morgan fingerprint density at radius 1 is 0.765 bits per heavy atom. The Morgan fingerprint density at radius 2 is 1.29 bits per heavy atom. The highest BCUT2D eigenvalue weighted by Gasteiger charge is 2.55. The topological polar surface area (TPSA) is 75.7 Å². The molecule has 0 radical (unpaired) electrons. The second-order valence-electron chi connectivity index (χ2n) is 8.49. The first-order valence-electron chi connectivity index (χ1n) is 11.2. The number of nitrogens with one attached hydrogen (secondary N) is 1. The predicted octanol–water partition coefficient (Wildman–Crippen LogP) is 4.08.